The summed E-state index contributed by atoms with van der Waals surface area (Å²) in [6, 6.07) is 14.6. The van der Waals surface area contributed by atoms with Crippen LogP contribution in [0.2, 0.25) is 0 Å². The Labute approximate surface area is 140 Å². The van der Waals surface area contributed by atoms with Crippen LogP contribution in [0.4, 0.5) is 0 Å². The van der Waals surface area contributed by atoms with E-state index in [1.54, 1.807) is 37.4 Å². The van der Waals surface area contributed by atoms with Crippen LogP contribution in [0.3, 0.4) is 0 Å². The van der Waals surface area contributed by atoms with E-state index in [4.69, 9.17) is 14.7 Å². The number of carbonyl (C=O) groups is 1. The van der Waals surface area contributed by atoms with Crippen LogP contribution >= 0.6 is 0 Å². The van der Waals surface area contributed by atoms with Gasteiger partial charge in [-0.3, -0.25) is 0 Å². The van der Waals surface area contributed by atoms with Gasteiger partial charge in [0.15, 0.2) is 11.5 Å². The minimum atomic E-state index is -1.04. The first-order valence-corrected chi connectivity index (χ1v) is 7.22. The molecular weight excluding hydrogens is 306 g/mol. The van der Waals surface area contributed by atoms with E-state index in [0.717, 1.165) is 17.2 Å². The topological polar surface area (TPSA) is 79.5 Å². The first-order chi connectivity index (χ1) is 11.6. The molecule has 0 saturated carbocycles. The van der Waals surface area contributed by atoms with E-state index in [9.17, 15) is 9.90 Å². The van der Waals surface area contributed by atoms with Crippen molar-refractivity contribution < 1.29 is 19.4 Å². The van der Waals surface area contributed by atoms with Crippen molar-refractivity contribution in [1.29, 1.82) is 5.26 Å². The molecule has 2 aromatic rings. The van der Waals surface area contributed by atoms with Crippen LogP contribution in [0.15, 0.2) is 48.5 Å². The Morgan fingerprint density at radius 1 is 1.08 bits per heavy atom. The Morgan fingerprint density at radius 2 is 1.71 bits per heavy atom. The Hall–Kier alpha value is -3.26. The number of nitriles is 1. The molecule has 2 aromatic carbocycles. The van der Waals surface area contributed by atoms with Gasteiger partial charge in [0.25, 0.3) is 0 Å². The lowest BCUT2D eigenvalue weighted by atomic mass is 9.96. The van der Waals surface area contributed by atoms with Gasteiger partial charge in [0.05, 0.1) is 26.7 Å². The number of ether oxygens (including phenoxy) is 2. The molecular formula is C19H17NO4. The Kier molecular flexibility index (Phi) is 5.58. The van der Waals surface area contributed by atoms with E-state index in [-0.39, 0.29) is 0 Å². The number of carboxylic acids is 1. The predicted molar refractivity (Wildman–Crippen MR) is 90.0 cm³/mol. The summed E-state index contributed by atoms with van der Waals surface area (Å²) in [5.74, 6) is 0.0496. The van der Waals surface area contributed by atoms with Gasteiger partial charge in [0, 0.05) is 6.08 Å². The highest BCUT2D eigenvalue weighted by molar-refractivity contribution is 5.95. The van der Waals surface area contributed by atoms with E-state index < -0.39 is 5.97 Å². The number of aliphatic carboxylic acids is 1. The molecule has 0 aliphatic heterocycles. The van der Waals surface area contributed by atoms with E-state index in [1.807, 2.05) is 12.1 Å². The van der Waals surface area contributed by atoms with Crippen LogP contribution in [0, 0.1) is 11.3 Å². The number of hydrogen-bond acceptors (Lipinski definition) is 4. The van der Waals surface area contributed by atoms with Crippen molar-refractivity contribution in [2.75, 3.05) is 14.2 Å². The van der Waals surface area contributed by atoms with Crippen molar-refractivity contribution in [3.05, 3.63) is 65.2 Å². The first kappa shape index (κ1) is 17.1. The Balaban J connectivity index is 2.50. The maximum Gasteiger partial charge on any atom is 0.328 e. The summed E-state index contributed by atoms with van der Waals surface area (Å²) in [7, 11) is 3.07. The maximum absolute atomic E-state index is 11.2. The summed E-state index contributed by atoms with van der Waals surface area (Å²) in [6.45, 7) is 0. The van der Waals surface area contributed by atoms with Crippen LogP contribution in [0.5, 0.6) is 11.5 Å². The third-order valence-corrected chi connectivity index (χ3v) is 3.51. The van der Waals surface area contributed by atoms with Gasteiger partial charge in [0.1, 0.15) is 0 Å². The van der Waals surface area contributed by atoms with Gasteiger partial charge in [-0.2, -0.15) is 5.26 Å². The fourth-order valence-electron chi connectivity index (χ4n) is 2.35. The normalized spacial score (nSPS) is 10.8. The third-order valence-electron chi connectivity index (χ3n) is 3.51. The molecule has 0 heterocycles. The van der Waals surface area contributed by atoms with Crippen molar-refractivity contribution in [2.24, 2.45) is 0 Å². The highest BCUT2D eigenvalue weighted by atomic mass is 16.5. The van der Waals surface area contributed by atoms with Gasteiger partial charge in [-0.05, 0) is 34.4 Å². The smallest absolute Gasteiger partial charge is 0.328 e. The van der Waals surface area contributed by atoms with Gasteiger partial charge in [0.2, 0.25) is 0 Å². The van der Waals surface area contributed by atoms with Crippen molar-refractivity contribution in [3.63, 3.8) is 0 Å². The van der Waals surface area contributed by atoms with Crippen molar-refractivity contribution >= 4 is 11.5 Å². The van der Waals surface area contributed by atoms with E-state index >= 15 is 0 Å². The van der Waals surface area contributed by atoms with Crippen molar-refractivity contribution in [3.8, 4) is 17.6 Å². The lowest BCUT2D eigenvalue weighted by Gasteiger charge is -2.12. The molecule has 0 bridgehead atoms. The van der Waals surface area contributed by atoms with Crippen molar-refractivity contribution in [2.45, 2.75) is 6.42 Å². The molecule has 0 aromatic heterocycles. The molecule has 0 spiro atoms. The number of carboxylic acid groups (broad SMARTS) is 1. The molecule has 5 nitrogen and oxygen atoms in total. The molecule has 0 atom stereocenters. The van der Waals surface area contributed by atoms with Crippen LogP contribution in [-0.2, 0) is 11.2 Å². The zero-order valence-electron chi connectivity index (χ0n) is 13.4. The summed E-state index contributed by atoms with van der Waals surface area (Å²) in [5, 5.41) is 17.9. The zero-order valence-corrected chi connectivity index (χ0v) is 13.4. The SMILES string of the molecule is COc1ccc(/C(=C/C(=O)O)c2ccc(CC#N)cc2)cc1OC. The largest absolute Gasteiger partial charge is 0.493 e. The van der Waals surface area contributed by atoms with Crippen molar-refractivity contribution in [1.82, 2.24) is 0 Å². The third kappa shape index (κ3) is 3.93. The predicted octanol–water partition coefficient (Wildman–Crippen LogP) is 3.29. The lowest BCUT2D eigenvalue weighted by molar-refractivity contribution is -0.131. The number of methoxy groups -OCH3 is 2. The van der Waals surface area contributed by atoms with Crippen LogP contribution in [0.25, 0.3) is 5.57 Å². The van der Waals surface area contributed by atoms with Crippen LogP contribution < -0.4 is 9.47 Å². The first-order valence-electron chi connectivity index (χ1n) is 7.22. The van der Waals surface area contributed by atoms with Gasteiger partial charge in [-0.1, -0.05) is 30.3 Å². The highest BCUT2D eigenvalue weighted by Crippen LogP contribution is 2.33. The van der Waals surface area contributed by atoms with Crippen LogP contribution in [-0.4, -0.2) is 25.3 Å². The molecule has 5 heteroatoms. The summed E-state index contributed by atoms with van der Waals surface area (Å²) in [4.78, 5) is 11.2. The summed E-state index contributed by atoms with van der Waals surface area (Å²) >= 11 is 0. The molecule has 122 valence electrons. The summed E-state index contributed by atoms with van der Waals surface area (Å²) < 4.78 is 10.5. The average molecular weight is 323 g/mol. The standard InChI is InChI=1S/C19H17NO4/c1-23-17-8-7-15(11-18(17)24-2)16(12-19(21)22)14-5-3-13(4-6-14)9-10-20/h3-8,11-12H,9H2,1-2H3,(H,21,22)/b16-12+. The lowest BCUT2D eigenvalue weighted by Crippen LogP contribution is -1.97. The Bertz CT molecular complexity index is 801. The molecule has 24 heavy (non-hydrogen) atoms. The second-order valence-corrected chi connectivity index (χ2v) is 5.00. The van der Waals surface area contributed by atoms with Gasteiger partial charge < -0.3 is 14.6 Å². The minimum Gasteiger partial charge on any atom is -0.493 e. The zero-order chi connectivity index (χ0) is 17.5. The molecule has 0 fully saturated rings. The maximum atomic E-state index is 11.2. The molecule has 0 aliphatic rings. The second-order valence-electron chi connectivity index (χ2n) is 5.00. The number of benzene rings is 2. The monoisotopic (exact) mass is 323 g/mol. The van der Waals surface area contributed by atoms with E-state index in [2.05, 4.69) is 6.07 Å². The molecule has 0 saturated heterocycles. The molecule has 0 amide bonds. The molecule has 0 radical (unpaired) electrons. The molecule has 1 N–H and O–H groups in total. The second kappa shape index (κ2) is 7.84. The minimum absolute atomic E-state index is 0.314. The summed E-state index contributed by atoms with van der Waals surface area (Å²) in [5.41, 5.74) is 2.87. The van der Waals surface area contributed by atoms with Crippen LogP contribution in [0.1, 0.15) is 16.7 Å². The van der Waals surface area contributed by atoms with Gasteiger partial charge >= 0.3 is 5.97 Å². The van der Waals surface area contributed by atoms with E-state index in [1.165, 1.54) is 7.11 Å². The average Bonchev–Trinajstić information content (AvgIpc) is 2.60. The van der Waals surface area contributed by atoms with Gasteiger partial charge in [-0.15, -0.1) is 0 Å². The molecule has 2 rings (SSSR count). The number of hydrogen-bond donors (Lipinski definition) is 1. The van der Waals surface area contributed by atoms with Gasteiger partial charge in [-0.25, -0.2) is 4.79 Å². The number of rotatable bonds is 6. The Morgan fingerprint density at radius 3 is 2.25 bits per heavy atom. The fourth-order valence-corrected chi connectivity index (χ4v) is 2.35. The fraction of sp³-hybridized carbons (Fsp3) is 0.158. The quantitative estimate of drug-likeness (QED) is 0.825. The molecule has 0 aliphatic carbocycles. The molecule has 0 unspecified atom stereocenters. The van der Waals surface area contributed by atoms with E-state index in [0.29, 0.717) is 29.1 Å². The number of nitrogens with zero attached hydrogens (tertiary/aromatic N) is 1. The highest BCUT2D eigenvalue weighted by Gasteiger charge is 2.11. The summed E-state index contributed by atoms with van der Waals surface area (Å²) in [6.07, 6.45) is 1.47.